The Morgan fingerprint density at radius 2 is 2.08 bits per heavy atom. The van der Waals surface area contributed by atoms with E-state index in [2.05, 4.69) is 4.40 Å². The number of fused-ring (bicyclic) bond motifs is 1. The van der Waals surface area contributed by atoms with Gasteiger partial charge in [0.05, 0.1) is 5.92 Å². The average molecular weight is 350 g/mol. The number of likely N-dealkylation sites (tertiary alicyclic amines) is 1. The van der Waals surface area contributed by atoms with Gasteiger partial charge in [-0.1, -0.05) is 12.1 Å². The molecule has 0 spiro atoms. The number of piperidine rings is 1. The van der Waals surface area contributed by atoms with E-state index in [0.29, 0.717) is 30.9 Å². The van der Waals surface area contributed by atoms with E-state index in [0.717, 1.165) is 6.42 Å². The number of Topliss-reactive ketones (excluding diaryl/α,β-unsaturated/α-hetero) is 1. The number of sulfonamides is 1. The fourth-order valence-electron chi connectivity index (χ4n) is 2.97. The van der Waals surface area contributed by atoms with Crippen LogP contribution in [0.25, 0.3) is 0 Å². The molecule has 24 heavy (non-hydrogen) atoms. The Balaban J connectivity index is 1.79. The van der Waals surface area contributed by atoms with Gasteiger partial charge in [-0.25, -0.2) is 0 Å². The highest BCUT2D eigenvalue weighted by Crippen LogP contribution is 2.29. The molecule has 1 aromatic rings. The minimum atomic E-state index is -3.68. The molecule has 3 rings (SSSR count). The van der Waals surface area contributed by atoms with Crippen molar-refractivity contribution in [2.24, 2.45) is 10.3 Å². The monoisotopic (exact) mass is 350 g/mol. The van der Waals surface area contributed by atoms with Crippen LogP contribution in [0.4, 0.5) is 0 Å². The molecule has 1 saturated heterocycles. The number of nitrogens with zero attached hydrogens (tertiary/aromatic N) is 2. The van der Waals surface area contributed by atoms with Gasteiger partial charge < -0.3 is 9.64 Å². The Morgan fingerprint density at radius 3 is 2.83 bits per heavy atom. The van der Waals surface area contributed by atoms with Crippen molar-refractivity contribution in [3.63, 3.8) is 0 Å². The van der Waals surface area contributed by atoms with Gasteiger partial charge in [0.25, 0.3) is 10.0 Å². The summed E-state index contributed by atoms with van der Waals surface area (Å²) in [5.74, 6) is -0.647. The van der Waals surface area contributed by atoms with Crippen LogP contribution in [0.2, 0.25) is 0 Å². The van der Waals surface area contributed by atoms with Crippen LogP contribution in [0.3, 0.4) is 0 Å². The second kappa shape index (κ2) is 6.35. The SMILES string of the molecule is CC(=O)COC(=O)[C@@H]1CCCN(C2=NS(=O)(=O)c3ccccc32)C1. The van der Waals surface area contributed by atoms with Crippen LogP contribution in [0.1, 0.15) is 25.3 Å². The zero-order valence-corrected chi connectivity index (χ0v) is 14.1. The van der Waals surface area contributed by atoms with Crippen LogP contribution in [0, 0.1) is 5.92 Å². The molecule has 7 nitrogen and oxygen atoms in total. The zero-order chi connectivity index (χ0) is 17.3. The summed E-state index contributed by atoms with van der Waals surface area (Å²) in [5.41, 5.74) is 0.565. The van der Waals surface area contributed by atoms with Crippen LogP contribution in [-0.2, 0) is 24.3 Å². The molecule has 0 radical (unpaired) electrons. The second-order valence-electron chi connectivity index (χ2n) is 5.98. The molecule has 1 aromatic carbocycles. The van der Waals surface area contributed by atoms with Gasteiger partial charge in [0.2, 0.25) is 0 Å². The Hall–Kier alpha value is -2.22. The lowest BCUT2D eigenvalue weighted by atomic mass is 9.97. The normalized spacial score (nSPS) is 21.8. The standard InChI is InChI=1S/C16H18N2O5S/c1-11(19)10-23-16(20)12-5-4-8-18(9-12)15-13-6-2-3-7-14(13)24(21,22)17-15/h2-3,6-7,12H,4-5,8-10H2,1H3/t12-/m1/s1. The highest BCUT2D eigenvalue weighted by Gasteiger charge is 2.35. The maximum absolute atomic E-state index is 12.2. The lowest BCUT2D eigenvalue weighted by molar-refractivity contribution is -0.152. The van der Waals surface area contributed by atoms with E-state index >= 15 is 0 Å². The molecule has 0 saturated carbocycles. The van der Waals surface area contributed by atoms with Gasteiger partial charge in [0.15, 0.2) is 11.6 Å². The van der Waals surface area contributed by atoms with Crippen LogP contribution in [0.15, 0.2) is 33.6 Å². The van der Waals surface area contributed by atoms with Crippen LogP contribution in [-0.4, -0.2) is 50.6 Å². The molecule has 0 amide bonds. The van der Waals surface area contributed by atoms with E-state index < -0.39 is 21.9 Å². The van der Waals surface area contributed by atoms with Gasteiger partial charge >= 0.3 is 5.97 Å². The predicted molar refractivity (Wildman–Crippen MR) is 86.1 cm³/mol. The highest BCUT2D eigenvalue weighted by molar-refractivity contribution is 7.90. The maximum Gasteiger partial charge on any atom is 0.311 e. The van der Waals surface area contributed by atoms with Crippen LogP contribution < -0.4 is 0 Å². The number of hydrogen-bond acceptors (Lipinski definition) is 6. The van der Waals surface area contributed by atoms with Crippen LogP contribution in [0.5, 0.6) is 0 Å². The molecule has 0 N–H and O–H groups in total. The third kappa shape index (κ3) is 3.19. The Labute approximate surface area is 140 Å². The molecule has 8 heteroatoms. The molecule has 2 heterocycles. The molecule has 0 bridgehead atoms. The van der Waals surface area contributed by atoms with E-state index in [4.69, 9.17) is 4.74 Å². The minimum absolute atomic E-state index is 0.196. The number of benzene rings is 1. The van der Waals surface area contributed by atoms with E-state index in [9.17, 15) is 18.0 Å². The molecule has 0 unspecified atom stereocenters. The molecule has 0 aromatic heterocycles. The summed E-state index contributed by atoms with van der Waals surface area (Å²) in [4.78, 5) is 25.0. The summed E-state index contributed by atoms with van der Waals surface area (Å²) in [6, 6.07) is 6.67. The van der Waals surface area contributed by atoms with Crippen molar-refractivity contribution >= 4 is 27.6 Å². The first kappa shape index (κ1) is 16.6. The molecular formula is C16H18N2O5S. The number of rotatable bonds is 3. The van der Waals surface area contributed by atoms with Gasteiger partial charge in [-0.05, 0) is 31.9 Å². The first-order valence-electron chi connectivity index (χ1n) is 7.74. The summed E-state index contributed by atoms with van der Waals surface area (Å²) < 4.78 is 33.2. The summed E-state index contributed by atoms with van der Waals surface area (Å²) >= 11 is 0. The van der Waals surface area contributed by atoms with E-state index in [1.165, 1.54) is 13.0 Å². The smallest absolute Gasteiger partial charge is 0.311 e. The first-order valence-corrected chi connectivity index (χ1v) is 9.18. The van der Waals surface area contributed by atoms with Gasteiger partial charge in [-0.15, -0.1) is 4.40 Å². The van der Waals surface area contributed by atoms with Crippen molar-refractivity contribution in [3.05, 3.63) is 29.8 Å². The Morgan fingerprint density at radius 1 is 1.33 bits per heavy atom. The fraction of sp³-hybridized carbons (Fsp3) is 0.438. The number of ketones is 1. The first-order chi connectivity index (χ1) is 11.4. The second-order valence-corrected chi connectivity index (χ2v) is 7.55. The molecule has 0 aliphatic carbocycles. The van der Waals surface area contributed by atoms with Gasteiger partial charge in [-0.2, -0.15) is 8.42 Å². The van der Waals surface area contributed by atoms with Gasteiger partial charge in [0, 0.05) is 18.7 Å². The van der Waals surface area contributed by atoms with Gasteiger partial charge in [-0.3, -0.25) is 9.59 Å². The lowest BCUT2D eigenvalue weighted by Crippen LogP contribution is -2.43. The third-order valence-electron chi connectivity index (χ3n) is 4.08. The fourth-order valence-corrected chi connectivity index (χ4v) is 4.20. The van der Waals surface area contributed by atoms with Crippen molar-refractivity contribution in [2.45, 2.75) is 24.7 Å². The van der Waals surface area contributed by atoms with Crippen LogP contribution >= 0.6 is 0 Å². The molecular weight excluding hydrogens is 332 g/mol. The van der Waals surface area contributed by atoms with E-state index in [-0.39, 0.29) is 17.3 Å². The third-order valence-corrected chi connectivity index (χ3v) is 5.41. The number of esters is 1. The molecule has 1 fully saturated rings. The number of amidine groups is 1. The lowest BCUT2D eigenvalue weighted by Gasteiger charge is -2.32. The zero-order valence-electron chi connectivity index (χ0n) is 13.3. The van der Waals surface area contributed by atoms with Crippen molar-refractivity contribution in [2.75, 3.05) is 19.7 Å². The molecule has 2 aliphatic heterocycles. The van der Waals surface area contributed by atoms with Crippen molar-refractivity contribution < 1.29 is 22.7 Å². The number of carbonyl (C=O) groups is 2. The molecule has 1 atom stereocenters. The van der Waals surface area contributed by atoms with Crippen molar-refractivity contribution in [1.82, 2.24) is 4.90 Å². The van der Waals surface area contributed by atoms with Crippen molar-refractivity contribution in [3.8, 4) is 0 Å². The quantitative estimate of drug-likeness (QED) is 0.755. The average Bonchev–Trinajstić information content (AvgIpc) is 2.85. The predicted octanol–water partition coefficient (Wildman–Crippen LogP) is 0.980. The highest BCUT2D eigenvalue weighted by atomic mass is 32.2. The minimum Gasteiger partial charge on any atom is -0.457 e. The topological polar surface area (TPSA) is 93.1 Å². The summed E-state index contributed by atoms with van der Waals surface area (Å²) in [5, 5.41) is 0. The molecule has 128 valence electrons. The number of carbonyl (C=O) groups excluding carboxylic acids is 2. The largest absolute Gasteiger partial charge is 0.457 e. The number of ether oxygens (including phenoxy) is 1. The van der Waals surface area contributed by atoms with E-state index in [1.807, 2.05) is 4.90 Å². The summed E-state index contributed by atoms with van der Waals surface area (Å²) in [6.07, 6.45) is 1.37. The van der Waals surface area contributed by atoms with Crippen molar-refractivity contribution in [1.29, 1.82) is 0 Å². The molecule has 2 aliphatic rings. The summed E-state index contributed by atoms with van der Waals surface area (Å²) in [6.45, 7) is 2.08. The Bertz CT molecular complexity index is 816. The van der Waals surface area contributed by atoms with Gasteiger partial charge in [0.1, 0.15) is 11.5 Å². The summed E-state index contributed by atoms with van der Waals surface area (Å²) in [7, 11) is -3.68. The number of hydrogen-bond donors (Lipinski definition) is 0. The van der Waals surface area contributed by atoms with E-state index in [1.54, 1.807) is 18.2 Å². The Kier molecular flexibility index (Phi) is 4.40. The maximum atomic E-state index is 12.2.